The van der Waals surface area contributed by atoms with Crippen LogP contribution in [0, 0.1) is 0 Å². The molecule has 4 nitrogen and oxygen atoms in total. The van der Waals surface area contributed by atoms with Crippen molar-refractivity contribution in [3.8, 4) is 11.5 Å². The van der Waals surface area contributed by atoms with E-state index in [0.29, 0.717) is 51.5 Å². The maximum Gasteiger partial charge on any atom is 0.161 e. The van der Waals surface area contributed by atoms with Crippen molar-refractivity contribution in [2.75, 3.05) is 39.6 Å². The van der Waals surface area contributed by atoms with Crippen LogP contribution in [0.4, 0.5) is 0 Å². The Morgan fingerprint density at radius 3 is 1.89 bits per heavy atom. The molecule has 1 aliphatic rings. The largest absolute Gasteiger partial charge is 0.487 e. The first kappa shape index (κ1) is 20.9. The van der Waals surface area contributed by atoms with Gasteiger partial charge in [0.05, 0.1) is 26.4 Å². The van der Waals surface area contributed by atoms with E-state index in [1.54, 1.807) is 0 Å². The monoisotopic (exact) mass is 386 g/mol. The number of hydrogen-bond donors (Lipinski definition) is 0. The second-order valence-corrected chi connectivity index (χ2v) is 7.67. The first-order valence-electron chi connectivity index (χ1n) is 10.7. The third-order valence-electron chi connectivity index (χ3n) is 5.74. The topological polar surface area (TPSA) is 36.9 Å². The molecule has 0 amide bonds. The minimum absolute atomic E-state index is 0.494. The molecule has 2 unspecified atom stereocenters. The van der Waals surface area contributed by atoms with Crippen molar-refractivity contribution in [3.05, 3.63) is 35.4 Å². The predicted octanol–water partition coefficient (Wildman–Crippen LogP) is 5.67. The van der Waals surface area contributed by atoms with Crippen molar-refractivity contribution in [1.29, 1.82) is 0 Å². The Labute approximate surface area is 169 Å². The fraction of sp³-hybridized carbons (Fsp3) is 0.583. The highest BCUT2D eigenvalue weighted by Gasteiger charge is 2.16. The van der Waals surface area contributed by atoms with Crippen molar-refractivity contribution in [2.45, 2.75) is 52.4 Å². The van der Waals surface area contributed by atoms with Crippen LogP contribution in [0.25, 0.3) is 10.8 Å². The molecule has 4 heteroatoms. The molecule has 0 saturated heterocycles. The number of rotatable bonds is 4. The lowest BCUT2D eigenvalue weighted by Gasteiger charge is -2.21. The average Bonchev–Trinajstić information content (AvgIpc) is 2.71. The minimum Gasteiger partial charge on any atom is -0.487 e. The molecule has 1 heterocycles. The van der Waals surface area contributed by atoms with Crippen LogP contribution in [0.1, 0.15) is 63.5 Å². The van der Waals surface area contributed by atoms with Crippen LogP contribution in [-0.4, -0.2) is 39.6 Å². The van der Waals surface area contributed by atoms with E-state index in [0.717, 1.165) is 24.3 Å². The fourth-order valence-electron chi connectivity index (χ4n) is 3.54. The summed E-state index contributed by atoms with van der Waals surface area (Å²) in [5.41, 5.74) is 2.79. The quantitative estimate of drug-likeness (QED) is 0.678. The highest BCUT2D eigenvalue weighted by atomic mass is 16.6. The molecule has 0 aliphatic carbocycles. The normalized spacial score (nSPS) is 18.1. The number of fused-ring (bicyclic) bond motifs is 2. The molecule has 1 aliphatic heterocycles. The van der Waals surface area contributed by atoms with Crippen molar-refractivity contribution >= 4 is 10.8 Å². The molecule has 2 aromatic carbocycles. The van der Waals surface area contributed by atoms with Gasteiger partial charge in [-0.15, -0.1) is 0 Å². The average molecular weight is 387 g/mol. The second kappa shape index (κ2) is 10.1. The maximum atomic E-state index is 6.04. The summed E-state index contributed by atoms with van der Waals surface area (Å²) < 4.78 is 23.2. The van der Waals surface area contributed by atoms with E-state index >= 15 is 0 Å². The van der Waals surface area contributed by atoms with Crippen LogP contribution in [0.15, 0.2) is 24.3 Å². The van der Waals surface area contributed by atoms with Gasteiger partial charge in [-0.2, -0.15) is 0 Å². The van der Waals surface area contributed by atoms with E-state index in [9.17, 15) is 0 Å². The van der Waals surface area contributed by atoms with Gasteiger partial charge < -0.3 is 18.9 Å². The number of hydrogen-bond acceptors (Lipinski definition) is 4. The summed E-state index contributed by atoms with van der Waals surface area (Å²) in [4.78, 5) is 0. The molecule has 2 atom stereocenters. The Morgan fingerprint density at radius 1 is 0.714 bits per heavy atom. The molecule has 0 N–H and O–H groups in total. The van der Waals surface area contributed by atoms with Gasteiger partial charge in [0.25, 0.3) is 0 Å². The Balaban J connectivity index is 2.07. The van der Waals surface area contributed by atoms with E-state index in [1.165, 1.54) is 21.9 Å². The predicted molar refractivity (Wildman–Crippen MR) is 114 cm³/mol. The molecule has 154 valence electrons. The van der Waals surface area contributed by atoms with Crippen molar-refractivity contribution in [1.82, 2.24) is 0 Å². The highest BCUT2D eigenvalue weighted by molar-refractivity contribution is 5.90. The zero-order chi connectivity index (χ0) is 19.9. The first-order chi connectivity index (χ1) is 13.6. The van der Waals surface area contributed by atoms with Crippen molar-refractivity contribution in [3.63, 3.8) is 0 Å². The summed E-state index contributed by atoms with van der Waals surface area (Å²) in [7, 11) is 0. The second-order valence-electron chi connectivity index (χ2n) is 7.67. The minimum atomic E-state index is 0.494. The Kier molecular flexibility index (Phi) is 7.57. The molecular weight excluding hydrogens is 352 g/mol. The number of benzene rings is 2. The summed E-state index contributed by atoms with van der Waals surface area (Å²) in [6.45, 7) is 12.4. The van der Waals surface area contributed by atoms with E-state index in [4.69, 9.17) is 18.9 Å². The van der Waals surface area contributed by atoms with Gasteiger partial charge in [-0.25, -0.2) is 0 Å². The van der Waals surface area contributed by atoms with Gasteiger partial charge in [0.15, 0.2) is 11.5 Å². The van der Waals surface area contributed by atoms with E-state index in [2.05, 4.69) is 52.0 Å². The molecule has 3 rings (SSSR count). The summed E-state index contributed by atoms with van der Waals surface area (Å²) in [6, 6.07) is 8.99. The highest BCUT2D eigenvalue weighted by Crippen LogP contribution is 2.39. The van der Waals surface area contributed by atoms with E-state index < -0.39 is 0 Å². The van der Waals surface area contributed by atoms with Crippen LogP contribution in [0.3, 0.4) is 0 Å². The van der Waals surface area contributed by atoms with E-state index in [1.807, 2.05) is 0 Å². The SMILES string of the molecule is CCC(C)c1cc(C(C)CC)c2cc3c(cc2c1)OCCOCCOCCO3. The van der Waals surface area contributed by atoms with E-state index in [-0.39, 0.29) is 0 Å². The summed E-state index contributed by atoms with van der Waals surface area (Å²) >= 11 is 0. The summed E-state index contributed by atoms with van der Waals surface area (Å²) in [5, 5.41) is 2.48. The first-order valence-corrected chi connectivity index (χ1v) is 10.7. The van der Waals surface area contributed by atoms with Gasteiger partial charge in [-0.3, -0.25) is 0 Å². The summed E-state index contributed by atoms with van der Waals surface area (Å²) in [5.74, 6) is 2.61. The lowest BCUT2D eigenvalue weighted by molar-refractivity contribution is 0.0224. The molecule has 28 heavy (non-hydrogen) atoms. The van der Waals surface area contributed by atoms with Gasteiger partial charge in [-0.1, -0.05) is 39.8 Å². The number of ether oxygens (including phenoxy) is 4. The zero-order valence-corrected chi connectivity index (χ0v) is 17.8. The molecule has 0 saturated carbocycles. The standard InChI is InChI=1S/C24H34O4/c1-5-17(3)19-13-20-15-23-24(16-22(20)21(14-19)18(4)6-2)28-12-10-26-8-7-25-9-11-27-23/h13-18H,5-12H2,1-4H3. The molecule has 2 aromatic rings. The van der Waals surface area contributed by atoms with Gasteiger partial charge in [0.1, 0.15) is 13.2 Å². The van der Waals surface area contributed by atoms with Crippen LogP contribution >= 0.6 is 0 Å². The Bertz CT molecular complexity index is 771. The van der Waals surface area contributed by atoms with Gasteiger partial charge in [-0.05, 0) is 58.7 Å². The zero-order valence-electron chi connectivity index (χ0n) is 17.8. The fourth-order valence-corrected chi connectivity index (χ4v) is 3.54. The Morgan fingerprint density at radius 2 is 1.29 bits per heavy atom. The van der Waals surface area contributed by atoms with Crippen LogP contribution in [0.2, 0.25) is 0 Å². The van der Waals surface area contributed by atoms with Gasteiger partial charge >= 0.3 is 0 Å². The lowest BCUT2D eigenvalue weighted by Crippen LogP contribution is -2.15. The molecule has 0 aromatic heterocycles. The van der Waals surface area contributed by atoms with Gasteiger partial charge in [0, 0.05) is 0 Å². The van der Waals surface area contributed by atoms with Crippen LogP contribution < -0.4 is 9.47 Å². The van der Waals surface area contributed by atoms with Crippen LogP contribution in [-0.2, 0) is 9.47 Å². The van der Waals surface area contributed by atoms with Crippen molar-refractivity contribution < 1.29 is 18.9 Å². The third-order valence-corrected chi connectivity index (χ3v) is 5.74. The maximum absolute atomic E-state index is 6.04. The van der Waals surface area contributed by atoms with Crippen molar-refractivity contribution in [2.24, 2.45) is 0 Å². The molecule has 0 bridgehead atoms. The molecule has 0 spiro atoms. The molecular formula is C24H34O4. The third kappa shape index (κ3) is 4.98. The molecule has 0 radical (unpaired) electrons. The molecule has 0 fully saturated rings. The van der Waals surface area contributed by atoms with Crippen LogP contribution in [0.5, 0.6) is 11.5 Å². The smallest absolute Gasteiger partial charge is 0.161 e. The summed E-state index contributed by atoms with van der Waals surface area (Å²) in [6.07, 6.45) is 2.24. The van der Waals surface area contributed by atoms with Gasteiger partial charge in [0.2, 0.25) is 0 Å². The lowest BCUT2D eigenvalue weighted by atomic mass is 9.87. The Hall–Kier alpha value is -1.78.